The van der Waals surface area contributed by atoms with Crippen LogP contribution in [0.15, 0.2) is 21.9 Å². The van der Waals surface area contributed by atoms with Gasteiger partial charge in [-0.05, 0) is 65.5 Å². The predicted octanol–water partition coefficient (Wildman–Crippen LogP) is 3.61. The van der Waals surface area contributed by atoms with Crippen molar-refractivity contribution in [1.82, 2.24) is 9.44 Å². The summed E-state index contributed by atoms with van der Waals surface area (Å²) in [5.74, 6) is 0. The van der Waals surface area contributed by atoms with E-state index in [9.17, 15) is 16.8 Å². The van der Waals surface area contributed by atoms with Crippen molar-refractivity contribution in [1.29, 1.82) is 0 Å². The Balaban J connectivity index is 1.60. The summed E-state index contributed by atoms with van der Waals surface area (Å²) < 4.78 is 56.2. The summed E-state index contributed by atoms with van der Waals surface area (Å²) in [7, 11) is -7.09. The largest absolute Gasteiger partial charge is 0.241 e. The van der Waals surface area contributed by atoms with Crippen LogP contribution < -0.4 is 9.44 Å². The van der Waals surface area contributed by atoms with Gasteiger partial charge in [0.1, 0.15) is 0 Å². The summed E-state index contributed by atoms with van der Waals surface area (Å²) in [6.45, 7) is 7.41. The monoisotopic (exact) mass is 462 g/mol. The van der Waals surface area contributed by atoms with Crippen molar-refractivity contribution in [2.45, 2.75) is 75.3 Å². The molecule has 1 aliphatic rings. The number of thiophene rings is 2. The minimum atomic E-state index is -3.55. The Bertz CT molecular complexity index is 973. The highest BCUT2D eigenvalue weighted by atomic mass is 32.2. The number of nitrogens with one attached hydrogen (secondary N) is 2. The number of hydrogen-bond donors (Lipinski definition) is 2. The van der Waals surface area contributed by atoms with Crippen molar-refractivity contribution in [2.75, 3.05) is 0 Å². The number of rotatable bonds is 6. The molecule has 0 spiro atoms. The smallest absolute Gasteiger partial charge is 0.208 e. The van der Waals surface area contributed by atoms with E-state index < -0.39 is 20.0 Å². The molecule has 1 saturated carbocycles. The molecule has 0 aromatic carbocycles. The maximum atomic E-state index is 12.7. The van der Waals surface area contributed by atoms with Crippen LogP contribution in [0.25, 0.3) is 0 Å². The van der Waals surface area contributed by atoms with Crippen molar-refractivity contribution in [2.24, 2.45) is 0 Å². The Kier molecular flexibility index (Phi) is 6.38. The molecule has 1 fully saturated rings. The summed E-state index contributed by atoms with van der Waals surface area (Å²) in [5.41, 5.74) is 0. The van der Waals surface area contributed by atoms with Crippen molar-refractivity contribution >= 4 is 42.7 Å². The first-order chi connectivity index (χ1) is 13.0. The van der Waals surface area contributed by atoms with Crippen LogP contribution in [-0.4, -0.2) is 28.9 Å². The van der Waals surface area contributed by atoms with Gasteiger partial charge < -0.3 is 0 Å². The molecular formula is C18H26N2O4S4. The van der Waals surface area contributed by atoms with E-state index in [1.807, 2.05) is 27.7 Å². The number of aryl methyl sites for hydroxylation is 4. The summed E-state index contributed by atoms with van der Waals surface area (Å²) in [6, 6.07) is 3.06. The fourth-order valence-corrected chi connectivity index (χ4v) is 9.36. The van der Waals surface area contributed by atoms with E-state index in [0.29, 0.717) is 35.5 Å². The minimum absolute atomic E-state index is 0.171. The molecule has 2 aromatic heterocycles. The summed E-state index contributed by atoms with van der Waals surface area (Å²) >= 11 is 2.94. The molecule has 0 radical (unpaired) electrons. The third-order valence-electron chi connectivity index (χ3n) is 4.94. The van der Waals surface area contributed by atoms with Gasteiger partial charge >= 0.3 is 0 Å². The fraction of sp³-hybridized carbons (Fsp3) is 0.556. The molecule has 2 aromatic rings. The molecule has 0 atom stereocenters. The summed E-state index contributed by atoms with van der Waals surface area (Å²) in [4.78, 5) is 4.20. The van der Waals surface area contributed by atoms with Crippen molar-refractivity contribution in [3.05, 3.63) is 31.6 Å². The molecule has 0 amide bonds. The van der Waals surface area contributed by atoms with E-state index in [1.54, 1.807) is 12.1 Å². The van der Waals surface area contributed by atoms with Crippen molar-refractivity contribution < 1.29 is 16.8 Å². The Morgan fingerprint density at radius 3 is 1.29 bits per heavy atom. The molecule has 28 heavy (non-hydrogen) atoms. The number of hydrogen-bond acceptors (Lipinski definition) is 6. The van der Waals surface area contributed by atoms with Gasteiger partial charge in [-0.2, -0.15) is 0 Å². The quantitative estimate of drug-likeness (QED) is 0.686. The lowest BCUT2D eigenvalue weighted by molar-refractivity contribution is 0.356. The van der Waals surface area contributed by atoms with Gasteiger partial charge in [-0.15, -0.1) is 22.7 Å². The second-order valence-electron chi connectivity index (χ2n) is 7.35. The summed E-state index contributed by atoms with van der Waals surface area (Å²) in [6.07, 6.45) is 2.43. The first kappa shape index (κ1) is 21.9. The van der Waals surface area contributed by atoms with Crippen LogP contribution in [0.1, 0.15) is 45.2 Å². The van der Waals surface area contributed by atoms with E-state index in [-0.39, 0.29) is 12.1 Å². The third kappa shape index (κ3) is 4.85. The van der Waals surface area contributed by atoms with E-state index >= 15 is 0 Å². The lowest BCUT2D eigenvalue weighted by Crippen LogP contribution is -2.43. The number of sulfonamides is 2. The molecule has 2 heterocycles. The maximum Gasteiger partial charge on any atom is 0.241 e. The molecule has 0 aliphatic heterocycles. The molecular weight excluding hydrogens is 436 g/mol. The third-order valence-corrected chi connectivity index (χ3v) is 10.4. The Morgan fingerprint density at radius 1 is 0.714 bits per heavy atom. The second kappa shape index (κ2) is 8.16. The van der Waals surface area contributed by atoms with E-state index in [0.717, 1.165) is 19.5 Å². The molecule has 0 unspecified atom stereocenters. The Labute approximate surface area is 175 Å². The standard InChI is InChI=1S/C18H26N2O4S4/c1-11-9-17(13(3)25-11)27(21,22)19-15-5-7-16(8-6-15)20-28(23,24)18-10-12(2)26-14(18)4/h9-10,15-16,19-20H,5-8H2,1-4H3. The average molecular weight is 463 g/mol. The van der Waals surface area contributed by atoms with E-state index in [1.165, 1.54) is 22.7 Å². The van der Waals surface area contributed by atoms with E-state index in [2.05, 4.69) is 9.44 Å². The van der Waals surface area contributed by atoms with Gasteiger partial charge in [0.25, 0.3) is 0 Å². The molecule has 6 nitrogen and oxygen atoms in total. The van der Waals surface area contributed by atoms with Gasteiger partial charge in [0.2, 0.25) is 20.0 Å². The highest BCUT2D eigenvalue weighted by molar-refractivity contribution is 7.90. The first-order valence-electron chi connectivity index (χ1n) is 9.16. The maximum absolute atomic E-state index is 12.7. The van der Waals surface area contributed by atoms with Crippen LogP contribution in [0.4, 0.5) is 0 Å². The molecule has 0 bridgehead atoms. The highest BCUT2D eigenvalue weighted by Gasteiger charge is 2.30. The zero-order chi connectivity index (χ0) is 20.7. The minimum Gasteiger partial charge on any atom is -0.208 e. The van der Waals surface area contributed by atoms with Crippen LogP contribution >= 0.6 is 22.7 Å². The van der Waals surface area contributed by atoms with Gasteiger partial charge in [0.15, 0.2) is 0 Å². The van der Waals surface area contributed by atoms with Crippen molar-refractivity contribution in [3.63, 3.8) is 0 Å². The zero-order valence-corrected chi connectivity index (χ0v) is 19.7. The molecule has 10 heteroatoms. The molecule has 1 aliphatic carbocycles. The normalized spacial score (nSPS) is 21.1. The van der Waals surface area contributed by atoms with Crippen LogP contribution in [0, 0.1) is 27.7 Å². The van der Waals surface area contributed by atoms with Gasteiger partial charge in [-0.3, -0.25) is 0 Å². The lowest BCUT2D eigenvalue weighted by Gasteiger charge is -2.29. The average Bonchev–Trinajstić information content (AvgIpc) is 3.10. The van der Waals surface area contributed by atoms with E-state index in [4.69, 9.17) is 0 Å². The SMILES string of the molecule is Cc1cc(S(=O)(=O)NC2CCC(NS(=O)(=O)c3cc(C)sc3C)CC2)c(C)s1. The topological polar surface area (TPSA) is 92.3 Å². The molecule has 156 valence electrons. The highest BCUT2D eigenvalue weighted by Crippen LogP contribution is 2.29. The lowest BCUT2D eigenvalue weighted by atomic mass is 9.92. The molecule has 0 saturated heterocycles. The predicted molar refractivity (Wildman–Crippen MR) is 114 cm³/mol. The van der Waals surface area contributed by atoms with Crippen LogP contribution in [0.2, 0.25) is 0 Å². The van der Waals surface area contributed by atoms with Gasteiger partial charge in [0, 0.05) is 31.6 Å². The summed E-state index contributed by atoms with van der Waals surface area (Å²) in [5, 5.41) is 0. The first-order valence-corrected chi connectivity index (χ1v) is 13.8. The van der Waals surface area contributed by atoms with Crippen LogP contribution in [0.5, 0.6) is 0 Å². The van der Waals surface area contributed by atoms with Gasteiger partial charge in [-0.25, -0.2) is 26.3 Å². The van der Waals surface area contributed by atoms with Crippen LogP contribution in [-0.2, 0) is 20.0 Å². The molecule has 3 rings (SSSR count). The van der Waals surface area contributed by atoms with Gasteiger partial charge in [-0.1, -0.05) is 0 Å². The fourth-order valence-electron chi connectivity index (χ4n) is 3.64. The molecule has 2 N–H and O–H groups in total. The van der Waals surface area contributed by atoms with Crippen LogP contribution in [0.3, 0.4) is 0 Å². The van der Waals surface area contributed by atoms with Gasteiger partial charge in [0.05, 0.1) is 9.79 Å². The Hall–Kier alpha value is -0.780. The second-order valence-corrected chi connectivity index (χ2v) is 13.6. The Morgan fingerprint density at radius 2 is 1.04 bits per heavy atom. The van der Waals surface area contributed by atoms with Crippen molar-refractivity contribution in [3.8, 4) is 0 Å². The zero-order valence-electron chi connectivity index (χ0n) is 16.4.